The summed E-state index contributed by atoms with van der Waals surface area (Å²) in [6, 6.07) is 7.21. The first kappa shape index (κ1) is 16.9. The van der Waals surface area contributed by atoms with Gasteiger partial charge in [0.25, 0.3) is 0 Å². The van der Waals surface area contributed by atoms with E-state index in [2.05, 4.69) is 10.1 Å². The molecule has 8 heteroatoms. The van der Waals surface area contributed by atoms with E-state index in [1.807, 2.05) is 23.7 Å². The highest BCUT2D eigenvalue weighted by Gasteiger charge is 2.27. The third-order valence-electron chi connectivity index (χ3n) is 3.89. The van der Waals surface area contributed by atoms with E-state index in [9.17, 15) is 4.79 Å². The molecule has 0 saturated carbocycles. The van der Waals surface area contributed by atoms with Gasteiger partial charge in [0.2, 0.25) is 11.8 Å². The Morgan fingerprint density at radius 3 is 3.00 bits per heavy atom. The van der Waals surface area contributed by atoms with Gasteiger partial charge in [-0.05, 0) is 19.1 Å². The van der Waals surface area contributed by atoms with Gasteiger partial charge in [-0.3, -0.25) is 9.48 Å². The van der Waals surface area contributed by atoms with E-state index in [0.717, 1.165) is 5.69 Å². The lowest BCUT2D eigenvalue weighted by Crippen LogP contribution is -2.40. The maximum atomic E-state index is 12.4. The molecule has 1 atom stereocenters. The van der Waals surface area contributed by atoms with Gasteiger partial charge in [0.15, 0.2) is 0 Å². The van der Waals surface area contributed by atoms with E-state index in [1.165, 1.54) is 6.20 Å². The largest absolute Gasteiger partial charge is 0.470 e. The van der Waals surface area contributed by atoms with Crippen LogP contribution >= 0.6 is 0 Å². The fraction of sp³-hybridized carbons (Fsp3) is 0.412. The summed E-state index contributed by atoms with van der Waals surface area (Å²) in [5.74, 6) is 0.328. The molecule has 3 rings (SSSR count). The minimum atomic E-state index is -0.299. The fourth-order valence-corrected chi connectivity index (χ4v) is 2.65. The first-order chi connectivity index (χ1) is 12.2. The molecule has 0 N–H and O–H groups in total. The van der Waals surface area contributed by atoms with E-state index in [4.69, 9.17) is 14.7 Å². The molecule has 0 fully saturated rings. The number of pyridine rings is 1. The van der Waals surface area contributed by atoms with Crippen molar-refractivity contribution in [1.29, 1.82) is 5.26 Å². The second-order valence-corrected chi connectivity index (χ2v) is 5.65. The molecule has 25 heavy (non-hydrogen) atoms. The number of carbonyl (C=O) groups excluding carboxylic acids is 1. The minimum absolute atomic E-state index is 0.0481. The summed E-state index contributed by atoms with van der Waals surface area (Å²) in [6.45, 7) is 3.79. The molecule has 8 nitrogen and oxygen atoms in total. The normalized spacial score (nSPS) is 16.6. The van der Waals surface area contributed by atoms with Crippen molar-refractivity contribution in [3.05, 3.63) is 41.9 Å². The summed E-state index contributed by atoms with van der Waals surface area (Å²) in [5, 5.41) is 13.1. The SMILES string of the molecule is CCOCC(=O)N1Cc2ccnn2C[C@@H](Oc2ccc(C#N)cn2)C1. The number of hydrogen-bond donors (Lipinski definition) is 0. The predicted molar refractivity (Wildman–Crippen MR) is 87.5 cm³/mol. The summed E-state index contributed by atoms with van der Waals surface area (Å²) in [7, 11) is 0. The minimum Gasteiger partial charge on any atom is -0.470 e. The Morgan fingerprint density at radius 1 is 1.40 bits per heavy atom. The lowest BCUT2D eigenvalue weighted by molar-refractivity contribution is -0.137. The smallest absolute Gasteiger partial charge is 0.249 e. The van der Waals surface area contributed by atoms with Crippen LogP contribution in [-0.2, 0) is 22.6 Å². The number of ether oxygens (including phenoxy) is 2. The molecule has 1 aliphatic rings. The van der Waals surface area contributed by atoms with Crippen LogP contribution in [0.25, 0.3) is 0 Å². The second kappa shape index (κ2) is 7.77. The lowest BCUT2D eigenvalue weighted by Gasteiger charge is -2.24. The van der Waals surface area contributed by atoms with Gasteiger partial charge in [-0.2, -0.15) is 10.4 Å². The zero-order chi connectivity index (χ0) is 17.6. The maximum Gasteiger partial charge on any atom is 0.249 e. The van der Waals surface area contributed by atoms with Crippen molar-refractivity contribution < 1.29 is 14.3 Å². The molecule has 2 aromatic rings. The molecule has 3 heterocycles. The Kier molecular flexibility index (Phi) is 5.26. The van der Waals surface area contributed by atoms with Crippen molar-refractivity contribution >= 4 is 5.91 Å². The van der Waals surface area contributed by atoms with Crippen molar-refractivity contribution in [3.63, 3.8) is 0 Å². The van der Waals surface area contributed by atoms with Gasteiger partial charge in [-0.15, -0.1) is 0 Å². The standard InChI is InChI=1S/C17H19N5O3/c1-2-24-12-17(23)21-9-14-5-6-20-22(14)11-15(10-21)25-16-4-3-13(7-18)8-19-16/h3-6,8,15H,2,9-12H2,1H3/t15-/m0/s1. The summed E-state index contributed by atoms with van der Waals surface area (Å²) < 4.78 is 13.0. The Hall–Kier alpha value is -2.92. The van der Waals surface area contributed by atoms with Crippen LogP contribution in [0.1, 0.15) is 18.2 Å². The van der Waals surface area contributed by atoms with Crippen LogP contribution in [-0.4, -0.2) is 51.4 Å². The molecule has 0 aliphatic carbocycles. The van der Waals surface area contributed by atoms with Crippen molar-refractivity contribution in [2.75, 3.05) is 19.8 Å². The highest BCUT2D eigenvalue weighted by molar-refractivity contribution is 5.77. The average molecular weight is 341 g/mol. The van der Waals surface area contributed by atoms with Crippen LogP contribution in [0.4, 0.5) is 0 Å². The zero-order valence-electron chi connectivity index (χ0n) is 14.0. The number of rotatable bonds is 5. The molecule has 0 unspecified atom stereocenters. The Bertz CT molecular complexity index is 765. The number of nitriles is 1. The summed E-state index contributed by atoms with van der Waals surface area (Å²) in [5.41, 5.74) is 1.42. The van der Waals surface area contributed by atoms with Crippen LogP contribution in [0, 0.1) is 11.3 Å². The number of nitrogens with zero attached hydrogens (tertiary/aromatic N) is 5. The Labute approximate surface area is 145 Å². The third kappa shape index (κ3) is 4.14. The fourth-order valence-electron chi connectivity index (χ4n) is 2.65. The van der Waals surface area contributed by atoms with Gasteiger partial charge < -0.3 is 14.4 Å². The molecular weight excluding hydrogens is 322 g/mol. The van der Waals surface area contributed by atoms with Gasteiger partial charge in [-0.25, -0.2) is 4.98 Å². The monoisotopic (exact) mass is 341 g/mol. The van der Waals surface area contributed by atoms with Crippen molar-refractivity contribution in [2.24, 2.45) is 0 Å². The number of carbonyl (C=O) groups is 1. The summed E-state index contributed by atoms with van der Waals surface area (Å²) >= 11 is 0. The topological polar surface area (TPSA) is 93.3 Å². The quantitative estimate of drug-likeness (QED) is 0.805. The highest BCUT2D eigenvalue weighted by atomic mass is 16.5. The first-order valence-corrected chi connectivity index (χ1v) is 8.08. The number of fused-ring (bicyclic) bond motifs is 1. The van der Waals surface area contributed by atoms with E-state index in [1.54, 1.807) is 23.2 Å². The molecule has 0 aromatic carbocycles. The predicted octanol–water partition coefficient (Wildman–Crippen LogP) is 0.976. The van der Waals surface area contributed by atoms with Gasteiger partial charge in [0.05, 0.1) is 30.9 Å². The van der Waals surface area contributed by atoms with Crippen LogP contribution in [0.15, 0.2) is 30.6 Å². The molecule has 0 saturated heterocycles. The Morgan fingerprint density at radius 2 is 2.28 bits per heavy atom. The molecule has 1 amide bonds. The van der Waals surface area contributed by atoms with Gasteiger partial charge in [-0.1, -0.05) is 0 Å². The van der Waals surface area contributed by atoms with E-state index < -0.39 is 0 Å². The molecule has 2 aromatic heterocycles. The van der Waals surface area contributed by atoms with E-state index >= 15 is 0 Å². The van der Waals surface area contributed by atoms with Crippen LogP contribution in [0.3, 0.4) is 0 Å². The molecule has 1 aliphatic heterocycles. The summed E-state index contributed by atoms with van der Waals surface area (Å²) in [6.07, 6.45) is 2.87. The van der Waals surface area contributed by atoms with E-state index in [0.29, 0.717) is 37.7 Å². The molecule has 0 spiro atoms. The van der Waals surface area contributed by atoms with Crippen LogP contribution in [0.5, 0.6) is 5.88 Å². The average Bonchev–Trinajstić information content (AvgIpc) is 2.99. The van der Waals surface area contributed by atoms with Crippen LogP contribution in [0.2, 0.25) is 0 Å². The first-order valence-electron chi connectivity index (χ1n) is 8.08. The highest BCUT2D eigenvalue weighted by Crippen LogP contribution is 2.17. The van der Waals surface area contributed by atoms with Crippen LogP contribution < -0.4 is 4.74 Å². The van der Waals surface area contributed by atoms with Crippen molar-refractivity contribution in [3.8, 4) is 11.9 Å². The number of aromatic nitrogens is 3. The number of amides is 1. The molecule has 0 bridgehead atoms. The molecule has 130 valence electrons. The van der Waals surface area contributed by atoms with Crippen molar-refractivity contribution in [1.82, 2.24) is 19.7 Å². The molecular formula is C17H19N5O3. The maximum absolute atomic E-state index is 12.4. The van der Waals surface area contributed by atoms with Crippen molar-refractivity contribution in [2.45, 2.75) is 26.1 Å². The Balaban J connectivity index is 1.75. The van der Waals surface area contributed by atoms with E-state index in [-0.39, 0.29) is 18.6 Å². The second-order valence-electron chi connectivity index (χ2n) is 5.65. The summed E-state index contributed by atoms with van der Waals surface area (Å²) in [4.78, 5) is 18.2. The lowest BCUT2D eigenvalue weighted by atomic mass is 10.3. The number of hydrogen-bond acceptors (Lipinski definition) is 6. The molecule has 0 radical (unpaired) electrons. The van der Waals surface area contributed by atoms with Gasteiger partial charge in [0.1, 0.15) is 18.8 Å². The van der Waals surface area contributed by atoms with Gasteiger partial charge >= 0.3 is 0 Å². The van der Waals surface area contributed by atoms with Gasteiger partial charge in [0, 0.05) is 25.1 Å². The third-order valence-corrected chi connectivity index (χ3v) is 3.89. The zero-order valence-corrected chi connectivity index (χ0v) is 14.0.